The summed E-state index contributed by atoms with van der Waals surface area (Å²) >= 11 is 0. The Hall–Kier alpha value is -0.160. The maximum absolute atomic E-state index is 9.83. The van der Waals surface area contributed by atoms with Crippen LogP contribution in [0, 0.1) is 0 Å². The van der Waals surface area contributed by atoms with Crippen LogP contribution in [0.25, 0.3) is 0 Å². The van der Waals surface area contributed by atoms with Crippen molar-refractivity contribution in [3.05, 3.63) is 0 Å². The Kier molecular flexibility index (Phi) is 11.8. The number of hydrogen-bond donors (Lipinski definition) is 2. The number of hydrogen-bond acceptors (Lipinski definition) is 4. The number of unbranched alkanes of at least 4 members (excludes halogenated alkanes) is 1. The third kappa shape index (κ3) is 11.0. The van der Waals surface area contributed by atoms with Gasteiger partial charge in [-0.15, -0.1) is 0 Å². The number of ether oxygens (including phenoxy) is 1. The fourth-order valence-corrected chi connectivity index (χ4v) is 1.78. The summed E-state index contributed by atoms with van der Waals surface area (Å²) in [4.78, 5) is 2.24. The van der Waals surface area contributed by atoms with E-state index in [9.17, 15) is 5.11 Å². The zero-order valence-electron chi connectivity index (χ0n) is 12.6. The van der Waals surface area contributed by atoms with Gasteiger partial charge < -0.3 is 20.1 Å². The van der Waals surface area contributed by atoms with Gasteiger partial charge in [-0.2, -0.15) is 0 Å². The summed E-state index contributed by atoms with van der Waals surface area (Å²) in [5, 5.41) is 13.1. The molecule has 4 nitrogen and oxygen atoms in total. The number of nitrogens with one attached hydrogen (secondary N) is 1. The largest absolute Gasteiger partial charge is 0.390 e. The smallest absolute Gasteiger partial charge is 0.0791 e. The quantitative estimate of drug-likeness (QED) is 0.522. The van der Waals surface area contributed by atoms with Gasteiger partial charge in [0, 0.05) is 19.7 Å². The van der Waals surface area contributed by atoms with Crippen LogP contribution >= 0.6 is 0 Å². The van der Waals surface area contributed by atoms with Gasteiger partial charge in [-0.25, -0.2) is 0 Å². The Morgan fingerprint density at radius 1 is 1.17 bits per heavy atom. The molecule has 0 radical (unpaired) electrons. The second-order valence-corrected chi connectivity index (χ2v) is 4.97. The molecule has 0 aromatic rings. The monoisotopic (exact) mass is 260 g/mol. The van der Waals surface area contributed by atoms with E-state index in [1.807, 2.05) is 0 Å². The lowest BCUT2D eigenvalue weighted by Gasteiger charge is -2.22. The van der Waals surface area contributed by atoms with Crippen molar-refractivity contribution in [2.75, 3.05) is 39.3 Å². The SMILES string of the molecule is CCN(CC)CC(O)CNCCCCOC(C)C. The normalized spacial score (nSPS) is 13.5. The maximum Gasteiger partial charge on any atom is 0.0791 e. The Bertz CT molecular complexity index is 173. The van der Waals surface area contributed by atoms with Crippen LogP contribution in [-0.4, -0.2) is 61.5 Å². The molecule has 18 heavy (non-hydrogen) atoms. The highest BCUT2D eigenvalue weighted by atomic mass is 16.5. The molecule has 0 aromatic carbocycles. The molecule has 0 rings (SSSR count). The highest BCUT2D eigenvalue weighted by Gasteiger charge is 2.07. The number of aliphatic hydroxyl groups excluding tert-OH is 1. The Morgan fingerprint density at radius 3 is 2.39 bits per heavy atom. The number of nitrogens with zero attached hydrogens (tertiary/aromatic N) is 1. The fraction of sp³-hybridized carbons (Fsp3) is 1.00. The summed E-state index contributed by atoms with van der Waals surface area (Å²) in [7, 11) is 0. The van der Waals surface area contributed by atoms with Crippen molar-refractivity contribution in [1.29, 1.82) is 0 Å². The van der Waals surface area contributed by atoms with E-state index in [4.69, 9.17) is 4.74 Å². The van der Waals surface area contributed by atoms with Crippen molar-refractivity contribution < 1.29 is 9.84 Å². The zero-order chi connectivity index (χ0) is 13.8. The van der Waals surface area contributed by atoms with Crippen molar-refractivity contribution in [2.45, 2.75) is 52.7 Å². The summed E-state index contributed by atoms with van der Waals surface area (Å²) in [5.74, 6) is 0. The maximum atomic E-state index is 9.83. The first kappa shape index (κ1) is 17.8. The molecule has 0 spiro atoms. The second-order valence-electron chi connectivity index (χ2n) is 4.97. The molecule has 0 aliphatic heterocycles. The van der Waals surface area contributed by atoms with Crippen molar-refractivity contribution in [2.24, 2.45) is 0 Å². The van der Waals surface area contributed by atoms with E-state index in [1.54, 1.807) is 0 Å². The molecular weight excluding hydrogens is 228 g/mol. The highest BCUT2D eigenvalue weighted by molar-refractivity contribution is 4.65. The van der Waals surface area contributed by atoms with Gasteiger partial charge in [0.1, 0.15) is 0 Å². The summed E-state index contributed by atoms with van der Waals surface area (Å²) in [5.41, 5.74) is 0. The molecule has 1 unspecified atom stereocenters. The molecule has 1 atom stereocenters. The predicted molar refractivity (Wildman–Crippen MR) is 77.0 cm³/mol. The molecule has 0 aromatic heterocycles. The van der Waals surface area contributed by atoms with Gasteiger partial charge in [-0.1, -0.05) is 13.8 Å². The Balaban J connectivity index is 3.32. The van der Waals surface area contributed by atoms with Crippen LogP contribution in [0.4, 0.5) is 0 Å². The number of aliphatic hydroxyl groups is 1. The average Bonchev–Trinajstić information content (AvgIpc) is 2.34. The summed E-state index contributed by atoms with van der Waals surface area (Å²) < 4.78 is 5.47. The van der Waals surface area contributed by atoms with Gasteiger partial charge in [-0.05, 0) is 46.3 Å². The number of likely N-dealkylation sites (N-methyl/N-ethyl adjacent to an activating group) is 1. The standard InChI is InChI=1S/C14H32N2O2/c1-5-16(6-2)12-14(17)11-15-9-7-8-10-18-13(3)4/h13-15,17H,5-12H2,1-4H3. The minimum atomic E-state index is -0.267. The number of rotatable bonds is 12. The van der Waals surface area contributed by atoms with E-state index in [1.165, 1.54) is 0 Å². The first-order valence-electron chi connectivity index (χ1n) is 7.32. The van der Waals surface area contributed by atoms with E-state index in [-0.39, 0.29) is 6.10 Å². The third-order valence-corrected chi connectivity index (χ3v) is 2.94. The van der Waals surface area contributed by atoms with Crippen LogP contribution in [0.3, 0.4) is 0 Å². The van der Waals surface area contributed by atoms with Crippen LogP contribution in [0.5, 0.6) is 0 Å². The predicted octanol–water partition coefficient (Wildman–Crippen LogP) is 1.48. The first-order valence-corrected chi connectivity index (χ1v) is 7.32. The molecule has 4 heteroatoms. The Morgan fingerprint density at radius 2 is 1.83 bits per heavy atom. The molecule has 0 amide bonds. The lowest BCUT2D eigenvalue weighted by Crippen LogP contribution is -2.38. The molecule has 0 saturated carbocycles. The topological polar surface area (TPSA) is 44.7 Å². The van der Waals surface area contributed by atoms with Gasteiger partial charge in [0.15, 0.2) is 0 Å². The van der Waals surface area contributed by atoms with Crippen LogP contribution in [0.2, 0.25) is 0 Å². The van der Waals surface area contributed by atoms with Crippen molar-refractivity contribution >= 4 is 0 Å². The van der Waals surface area contributed by atoms with Crippen molar-refractivity contribution in [3.63, 3.8) is 0 Å². The third-order valence-electron chi connectivity index (χ3n) is 2.94. The lowest BCUT2D eigenvalue weighted by molar-refractivity contribution is 0.0756. The molecule has 0 fully saturated rings. The van der Waals surface area contributed by atoms with E-state index >= 15 is 0 Å². The van der Waals surface area contributed by atoms with Crippen LogP contribution in [0.1, 0.15) is 40.5 Å². The molecule has 0 bridgehead atoms. The van der Waals surface area contributed by atoms with E-state index in [0.29, 0.717) is 12.6 Å². The van der Waals surface area contributed by atoms with Gasteiger partial charge >= 0.3 is 0 Å². The highest BCUT2D eigenvalue weighted by Crippen LogP contribution is 1.94. The molecule has 0 aliphatic carbocycles. The van der Waals surface area contributed by atoms with E-state index in [2.05, 4.69) is 37.9 Å². The minimum absolute atomic E-state index is 0.267. The van der Waals surface area contributed by atoms with Crippen LogP contribution in [-0.2, 0) is 4.74 Å². The molecular formula is C14H32N2O2. The van der Waals surface area contributed by atoms with E-state index in [0.717, 1.165) is 45.6 Å². The van der Waals surface area contributed by atoms with Gasteiger partial charge in [0.2, 0.25) is 0 Å². The molecule has 0 aliphatic rings. The average molecular weight is 260 g/mol. The summed E-state index contributed by atoms with van der Waals surface area (Å²) in [6.45, 7) is 13.6. The Labute approximate surface area is 113 Å². The van der Waals surface area contributed by atoms with E-state index < -0.39 is 0 Å². The molecule has 0 saturated heterocycles. The van der Waals surface area contributed by atoms with Gasteiger partial charge in [-0.3, -0.25) is 0 Å². The minimum Gasteiger partial charge on any atom is -0.390 e. The van der Waals surface area contributed by atoms with Gasteiger partial charge in [0.25, 0.3) is 0 Å². The zero-order valence-corrected chi connectivity index (χ0v) is 12.6. The first-order chi connectivity index (χ1) is 8.60. The van der Waals surface area contributed by atoms with Gasteiger partial charge in [0.05, 0.1) is 12.2 Å². The lowest BCUT2D eigenvalue weighted by atomic mass is 10.3. The van der Waals surface area contributed by atoms with Crippen molar-refractivity contribution in [3.8, 4) is 0 Å². The van der Waals surface area contributed by atoms with Crippen LogP contribution < -0.4 is 5.32 Å². The van der Waals surface area contributed by atoms with Crippen molar-refractivity contribution in [1.82, 2.24) is 10.2 Å². The second kappa shape index (κ2) is 11.9. The molecule has 110 valence electrons. The summed E-state index contributed by atoms with van der Waals surface area (Å²) in [6, 6.07) is 0. The van der Waals surface area contributed by atoms with Crippen LogP contribution in [0.15, 0.2) is 0 Å². The molecule has 0 heterocycles. The summed E-state index contributed by atoms with van der Waals surface area (Å²) in [6.07, 6.45) is 2.24. The molecule has 2 N–H and O–H groups in total. The fourth-order valence-electron chi connectivity index (χ4n) is 1.78.